The zero-order chi connectivity index (χ0) is 33.9. The van der Waals surface area contributed by atoms with Crippen LogP contribution in [0.4, 0.5) is 0 Å². The first-order valence-corrected chi connectivity index (χ1v) is 19.9. The Balaban J connectivity index is 4.18. The zero-order valence-corrected chi connectivity index (χ0v) is 31.0. The van der Waals surface area contributed by atoms with Crippen LogP contribution in [0.5, 0.6) is 0 Å². The summed E-state index contributed by atoms with van der Waals surface area (Å²) in [4.78, 5) is 37.2. The Bertz CT molecular complexity index is 691. The molecule has 0 aliphatic carbocycles. The van der Waals surface area contributed by atoms with Crippen LogP contribution in [0.2, 0.25) is 0 Å². The van der Waals surface area contributed by atoms with E-state index in [2.05, 4.69) is 27.7 Å². The Hall–Kier alpha value is -1.59. The number of rotatable bonds is 35. The van der Waals surface area contributed by atoms with Crippen LogP contribution in [-0.4, -0.2) is 37.2 Å². The minimum atomic E-state index is -0.756. The summed E-state index contributed by atoms with van der Waals surface area (Å²) in [5.74, 6) is -0.118. The zero-order valence-electron chi connectivity index (χ0n) is 31.0. The summed E-state index contributed by atoms with van der Waals surface area (Å²) in [6.07, 6.45) is 31.3. The monoisotopic (exact) mass is 653 g/mol. The van der Waals surface area contributed by atoms with Crippen molar-refractivity contribution in [3.8, 4) is 0 Å². The van der Waals surface area contributed by atoms with E-state index in [1.54, 1.807) is 0 Å². The van der Waals surface area contributed by atoms with Crippen molar-refractivity contribution < 1.29 is 28.6 Å². The number of hydrogen-bond donors (Lipinski definition) is 0. The second-order valence-corrected chi connectivity index (χ2v) is 14.0. The SMILES string of the molecule is CCCCCCCCCCCCCCCCC(=O)OC[C@@H](COC(=O)CCCCCCCCC(C)C)OC(=O)CCCCCCC. The van der Waals surface area contributed by atoms with Crippen molar-refractivity contribution in [3.05, 3.63) is 0 Å². The first-order valence-electron chi connectivity index (χ1n) is 19.9. The third-order valence-electron chi connectivity index (χ3n) is 8.79. The van der Waals surface area contributed by atoms with Crippen LogP contribution in [0.15, 0.2) is 0 Å². The smallest absolute Gasteiger partial charge is 0.306 e. The van der Waals surface area contributed by atoms with Gasteiger partial charge in [0.05, 0.1) is 0 Å². The quantitative estimate of drug-likeness (QED) is 0.0385. The molecular weight excluding hydrogens is 576 g/mol. The largest absolute Gasteiger partial charge is 0.462 e. The fourth-order valence-corrected chi connectivity index (χ4v) is 5.74. The van der Waals surface area contributed by atoms with Crippen LogP contribution in [0.1, 0.15) is 214 Å². The lowest BCUT2D eigenvalue weighted by Gasteiger charge is -2.18. The van der Waals surface area contributed by atoms with Gasteiger partial charge in [0.15, 0.2) is 6.10 Å². The molecule has 0 radical (unpaired) electrons. The molecule has 0 spiro atoms. The molecule has 0 aliphatic rings. The van der Waals surface area contributed by atoms with Gasteiger partial charge in [-0.1, -0.05) is 175 Å². The lowest BCUT2D eigenvalue weighted by molar-refractivity contribution is -0.167. The van der Waals surface area contributed by atoms with Crippen molar-refractivity contribution in [2.24, 2.45) is 5.92 Å². The third kappa shape index (κ3) is 33.8. The van der Waals surface area contributed by atoms with Crippen molar-refractivity contribution >= 4 is 17.9 Å². The topological polar surface area (TPSA) is 78.9 Å². The highest BCUT2D eigenvalue weighted by Gasteiger charge is 2.19. The molecule has 0 unspecified atom stereocenters. The van der Waals surface area contributed by atoms with Crippen molar-refractivity contribution in [2.75, 3.05) is 13.2 Å². The molecule has 272 valence electrons. The van der Waals surface area contributed by atoms with Gasteiger partial charge >= 0.3 is 17.9 Å². The molecule has 6 nitrogen and oxygen atoms in total. The highest BCUT2D eigenvalue weighted by Crippen LogP contribution is 2.15. The van der Waals surface area contributed by atoms with Crippen molar-refractivity contribution in [1.29, 1.82) is 0 Å². The summed E-state index contributed by atoms with van der Waals surface area (Å²) in [6, 6.07) is 0. The molecule has 0 rings (SSSR count). The Morgan fingerprint density at radius 1 is 0.413 bits per heavy atom. The Morgan fingerprint density at radius 2 is 0.717 bits per heavy atom. The lowest BCUT2D eigenvalue weighted by atomic mass is 10.0. The van der Waals surface area contributed by atoms with Crippen molar-refractivity contribution in [3.63, 3.8) is 0 Å². The van der Waals surface area contributed by atoms with E-state index in [0.717, 1.165) is 70.1 Å². The van der Waals surface area contributed by atoms with E-state index < -0.39 is 6.10 Å². The van der Waals surface area contributed by atoms with Gasteiger partial charge in [0.2, 0.25) is 0 Å². The maximum atomic E-state index is 12.4. The molecule has 0 bridgehead atoms. The van der Waals surface area contributed by atoms with E-state index >= 15 is 0 Å². The summed E-state index contributed by atoms with van der Waals surface area (Å²) < 4.78 is 16.5. The molecule has 0 saturated heterocycles. The fourth-order valence-electron chi connectivity index (χ4n) is 5.74. The summed E-state index contributed by atoms with van der Waals surface area (Å²) >= 11 is 0. The molecule has 0 heterocycles. The highest BCUT2D eigenvalue weighted by molar-refractivity contribution is 5.71. The van der Waals surface area contributed by atoms with E-state index in [0.29, 0.717) is 19.3 Å². The predicted molar refractivity (Wildman–Crippen MR) is 192 cm³/mol. The van der Waals surface area contributed by atoms with E-state index in [1.165, 1.54) is 103 Å². The van der Waals surface area contributed by atoms with Crippen LogP contribution < -0.4 is 0 Å². The van der Waals surface area contributed by atoms with Gasteiger partial charge < -0.3 is 14.2 Å². The van der Waals surface area contributed by atoms with Crippen LogP contribution in [-0.2, 0) is 28.6 Å². The number of unbranched alkanes of at least 4 members (excludes halogenated alkanes) is 22. The van der Waals surface area contributed by atoms with Gasteiger partial charge in [-0.05, 0) is 25.2 Å². The van der Waals surface area contributed by atoms with E-state index in [1.807, 2.05) is 0 Å². The summed E-state index contributed by atoms with van der Waals surface area (Å²) in [5, 5.41) is 0. The minimum absolute atomic E-state index is 0.0668. The van der Waals surface area contributed by atoms with Gasteiger partial charge in [0.1, 0.15) is 13.2 Å². The molecule has 0 N–H and O–H groups in total. The summed E-state index contributed by atoms with van der Waals surface area (Å²) in [5.41, 5.74) is 0. The van der Waals surface area contributed by atoms with E-state index in [-0.39, 0.29) is 31.1 Å². The van der Waals surface area contributed by atoms with Gasteiger partial charge in [-0.2, -0.15) is 0 Å². The Morgan fingerprint density at radius 3 is 1.07 bits per heavy atom. The maximum Gasteiger partial charge on any atom is 0.306 e. The number of hydrogen-bond acceptors (Lipinski definition) is 6. The summed E-state index contributed by atoms with van der Waals surface area (Å²) in [7, 11) is 0. The number of carbonyl (C=O) groups is 3. The second kappa shape index (κ2) is 34.7. The first-order chi connectivity index (χ1) is 22.4. The average molecular weight is 653 g/mol. The standard InChI is InChI=1S/C40H76O6/c1-5-7-9-11-12-13-14-15-16-17-18-19-24-27-31-38(41)44-34-37(46-40(43)33-29-22-10-8-6-2)35-45-39(42)32-28-25-21-20-23-26-30-36(3)4/h36-37H,5-35H2,1-4H3/t37-/m0/s1. The predicted octanol–water partition coefficient (Wildman–Crippen LogP) is 12.0. The minimum Gasteiger partial charge on any atom is -0.462 e. The maximum absolute atomic E-state index is 12.4. The van der Waals surface area contributed by atoms with Crippen LogP contribution >= 0.6 is 0 Å². The van der Waals surface area contributed by atoms with Gasteiger partial charge in [0.25, 0.3) is 0 Å². The number of esters is 3. The normalized spacial score (nSPS) is 11.9. The third-order valence-corrected chi connectivity index (χ3v) is 8.79. The van der Waals surface area contributed by atoms with Gasteiger partial charge in [-0.25, -0.2) is 0 Å². The van der Waals surface area contributed by atoms with Crippen LogP contribution in [0, 0.1) is 5.92 Å². The molecule has 0 aromatic heterocycles. The molecule has 46 heavy (non-hydrogen) atoms. The lowest BCUT2D eigenvalue weighted by Crippen LogP contribution is -2.30. The number of carbonyl (C=O) groups excluding carboxylic acids is 3. The van der Waals surface area contributed by atoms with Gasteiger partial charge in [0, 0.05) is 19.3 Å². The van der Waals surface area contributed by atoms with Crippen molar-refractivity contribution in [2.45, 2.75) is 220 Å². The van der Waals surface area contributed by atoms with Crippen molar-refractivity contribution in [1.82, 2.24) is 0 Å². The first kappa shape index (κ1) is 44.4. The average Bonchev–Trinajstić information content (AvgIpc) is 3.03. The van der Waals surface area contributed by atoms with E-state index in [9.17, 15) is 14.4 Å². The molecular formula is C40H76O6. The Kier molecular flexibility index (Phi) is 33.5. The van der Waals surface area contributed by atoms with Gasteiger partial charge in [-0.3, -0.25) is 14.4 Å². The highest BCUT2D eigenvalue weighted by atomic mass is 16.6. The van der Waals surface area contributed by atoms with Crippen LogP contribution in [0.3, 0.4) is 0 Å². The molecule has 0 saturated carbocycles. The molecule has 0 amide bonds. The molecule has 0 aliphatic heterocycles. The fraction of sp³-hybridized carbons (Fsp3) is 0.925. The van der Waals surface area contributed by atoms with Crippen LogP contribution in [0.25, 0.3) is 0 Å². The molecule has 0 aromatic rings. The Labute approximate surface area is 285 Å². The van der Waals surface area contributed by atoms with E-state index in [4.69, 9.17) is 14.2 Å². The molecule has 6 heteroatoms. The molecule has 0 fully saturated rings. The molecule has 0 aromatic carbocycles. The molecule has 1 atom stereocenters. The summed E-state index contributed by atoms with van der Waals surface area (Å²) in [6.45, 7) is 8.82. The second-order valence-electron chi connectivity index (χ2n) is 14.0. The van der Waals surface area contributed by atoms with Gasteiger partial charge in [-0.15, -0.1) is 0 Å². The number of ether oxygens (including phenoxy) is 3.